The average molecular weight is 398 g/mol. The number of fused-ring (bicyclic) bond motifs is 1. The summed E-state index contributed by atoms with van der Waals surface area (Å²) in [6.07, 6.45) is 3.10. The topological polar surface area (TPSA) is 81.8 Å². The van der Waals surface area contributed by atoms with Crippen LogP contribution in [-0.4, -0.2) is 31.3 Å². The molecular formula is C20H16F2N4O3. The van der Waals surface area contributed by atoms with Gasteiger partial charge in [0.25, 0.3) is 0 Å². The Balaban J connectivity index is 1.61. The van der Waals surface area contributed by atoms with Crippen LogP contribution < -0.4 is 9.47 Å². The number of aliphatic hydroxyl groups excluding tert-OH is 1. The van der Waals surface area contributed by atoms with Crippen LogP contribution in [0.2, 0.25) is 0 Å². The van der Waals surface area contributed by atoms with Gasteiger partial charge in [0.2, 0.25) is 5.88 Å². The van der Waals surface area contributed by atoms with Gasteiger partial charge < -0.3 is 14.6 Å². The van der Waals surface area contributed by atoms with Gasteiger partial charge in [0.05, 0.1) is 19.0 Å². The molecule has 4 rings (SSSR count). The van der Waals surface area contributed by atoms with Gasteiger partial charge in [-0.1, -0.05) is 24.3 Å². The molecule has 0 aliphatic heterocycles. The molecule has 7 nitrogen and oxygen atoms in total. The Morgan fingerprint density at radius 1 is 0.931 bits per heavy atom. The minimum absolute atomic E-state index is 0.0183. The van der Waals surface area contributed by atoms with Gasteiger partial charge in [0.15, 0.2) is 11.5 Å². The average Bonchev–Trinajstić information content (AvgIpc) is 3.17. The number of alkyl halides is 2. The number of ether oxygens (including phenoxy) is 2. The first-order chi connectivity index (χ1) is 14.1. The summed E-state index contributed by atoms with van der Waals surface area (Å²) in [7, 11) is 0. The molecule has 2 aromatic heterocycles. The van der Waals surface area contributed by atoms with Crippen molar-refractivity contribution in [2.75, 3.05) is 0 Å². The molecule has 0 fully saturated rings. The van der Waals surface area contributed by atoms with Crippen LogP contribution in [0.15, 0.2) is 60.9 Å². The van der Waals surface area contributed by atoms with E-state index in [4.69, 9.17) is 9.84 Å². The van der Waals surface area contributed by atoms with Gasteiger partial charge in [-0.05, 0) is 35.4 Å². The summed E-state index contributed by atoms with van der Waals surface area (Å²) in [6.45, 7) is -2.62. The van der Waals surface area contributed by atoms with Crippen molar-refractivity contribution in [2.24, 2.45) is 0 Å². The van der Waals surface area contributed by atoms with Crippen LogP contribution in [0.3, 0.4) is 0 Å². The third-order valence-corrected chi connectivity index (χ3v) is 4.21. The molecule has 1 N–H and O–H groups in total. The maximum absolute atomic E-state index is 12.3. The maximum Gasteiger partial charge on any atom is 0.387 e. The Labute approximate surface area is 164 Å². The van der Waals surface area contributed by atoms with Crippen molar-refractivity contribution in [3.63, 3.8) is 0 Å². The summed E-state index contributed by atoms with van der Waals surface area (Å²) in [5.41, 5.74) is 2.88. The number of nitrogens with zero attached hydrogens (tertiary/aromatic N) is 4. The van der Waals surface area contributed by atoms with E-state index in [2.05, 4.69) is 19.9 Å². The van der Waals surface area contributed by atoms with Gasteiger partial charge in [0, 0.05) is 5.56 Å². The summed E-state index contributed by atoms with van der Waals surface area (Å²) >= 11 is 0. The van der Waals surface area contributed by atoms with Crippen LogP contribution in [0.1, 0.15) is 11.1 Å². The maximum atomic E-state index is 12.3. The van der Waals surface area contributed by atoms with Gasteiger partial charge in [-0.25, -0.2) is 4.40 Å². The largest absolute Gasteiger partial charge is 0.473 e. The van der Waals surface area contributed by atoms with E-state index < -0.39 is 6.61 Å². The molecule has 0 aliphatic rings. The van der Waals surface area contributed by atoms with Gasteiger partial charge in [-0.3, -0.25) is 4.98 Å². The first kappa shape index (κ1) is 18.8. The zero-order valence-electron chi connectivity index (χ0n) is 15.1. The summed E-state index contributed by atoms with van der Waals surface area (Å²) in [4.78, 5) is 4.12. The van der Waals surface area contributed by atoms with Crippen molar-refractivity contribution in [1.29, 1.82) is 0 Å². The van der Waals surface area contributed by atoms with Crippen molar-refractivity contribution < 1.29 is 23.4 Å². The van der Waals surface area contributed by atoms with Crippen LogP contribution in [0.25, 0.3) is 17.0 Å². The summed E-state index contributed by atoms with van der Waals surface area (Å²) in [5.74, 6) is 0.973. The van der Waals surface area contributed by atoms with E-state index in [9.17, 15) is 8.78 Å². The van der Waals surface area contributed by atoms with Crippen LogP contribution >= 0.6 is 0 Å². The Hall–Kier alpha value is -3.59. The normalized spacial score (nSPS) is 11.2. The number of aliphatic hydroxyl groups is 1. The highest BCUT2D eigenvalue weighted by Gasteiger charge is 2.14. The van der Waals surface area contributed by atoms with E-state index in [-0.39, 0.29) is 19.0 Å². The standard InChI is InChI=1S/C20H16F2N4O3/c21-20(22)29-16-7-5-15(6-8-16)19-25-24-17-9-23-10-18(26(17)19)28-12-14-3-1-13(11-27)2-4-14/h1-10,20,27H,11-12H2. The number of hydrogen-bond donors (Lipinski definition) is 1. The van der Waals surface area contributed by atoms with Crippen molar-refractivity contribution in [2.45, 2.75) is 19.8 Å². The zero-order valence-corrected chi connectivity index (χ0v) is 15.1. The molecule has 0 spiro atoms. The summed E-state index contributed by atoms with van der Waals surface area (Å²) in [6, 6.07) is 13.5. The highest BCUT2D eigenvalue weighted by molar-refractivity contribution is 5.61. The Morgan fingerprint density at radius 2 is 1.66 bits per heavy atom. The third kappa shape index (κ3) is 4.14. The Kier molecular flexibility index (Phi) is 5.30. The number of halogens is 2. The van der Waals surface area contributed by atoms with E-state index >= 15 is 0 Å². The lowest BCUT2D eigenvalue weighted by Crippen LogP contribution is -2.03. The molecule has 0 amide bonds. The minimum Gasteiger partial charge on any atom is -0.473 e. The first-order valence-corrected chi connectivity index (χ1v) is 8.70. The molecule has 2 aromatic carbocycles. The summed E-state index contributed by atoms with van der Waals surface area (Å²) < 4.78 is 36.7. The molecule has 0 saturated heterocycles. The van der Waals surface area contributed by atoms with Crippen molar-refractivity contribution in [1.82, 2.24) is 19.6 Å². The Morgan fingerprint density at radius 3 is 2.34 bits per heavy atom. The molecule has 9 heteroatoms. The highest BCUT2D eigenvalue weighted by Crippen LogP contribution is 2.26. The number of rotatable bonds is 7. The fourth-order valence-electron chi connectivity index (χ4n) is 2.80. The SMILES string of the molecule is OCc1ccc(COc2cncc3nnc(-c4ccc(OC(F)F)cc4)n23)cc1. The predicted molar refractivity (Wildman–Crippen MR) is 99.5 cm³/mol. The predicted octanol–water partition coefficient (Wildman–Crippen LogP) is 3.46. The van der Waals surface area contributed by atoms with E-state index in [1.54, 1.807) is 28.9 Å². The first-order valence-electron chi connectivity index (χ1n) is 8.70. The lowest BCUT2D eigenvalue weighted by Gasteiger charge is -2.10. The molecule has 0 unspecified atom stereocenters. The molecule has 0 saturated carbocycles. The van der Waals surface area contributed by atoms with E-state index in [1.165, 1.54) is 12.1 Å². The minimum atomic E-state index is -2.88. The third-order valence-electron chi connectivity index (χ3n) is 4.21. The van der Waals surface area contributed by atoms with Crippen molar-refractivity contribution >= 4 is 5.65 Å². The molecule has 0 atom stereocenters. The molecule has 2 heterocycles. The van der Waals surface area contributed by atoms with Gasteiger partial charge in [-0.15, -0.1) is 10.2 Å². The van der Waals surface area contributed by atoms with Gasteiger partial charge in [-0.2, -0.15) is 8.78 Å². The molecule has 148 valence electrons. The highest BCUT2D eigenvalue weighted by atomic mass is 19.3. The van der Waals surface area contributed by atoms with E-state index in [0.29, 0.717) is 22.9 Å². The second-order valence-electron chi connectivity index (χ2n) is 6.13. The second kappa shape index (κ2) is 8.19. The van der Waals surface area contributed by atoms with E-state index in [0.717, 1.165) is 11.1 Å². The zero-order chi connectivity index (χ0) is 20.2. The molecule has 0 radical (unpaired) electrons. The molecular weight excluding hydrogens is 382 g/mol. The molecule has 4 aromatic rings. The van der Waals surface area contributed by atoms with Gasteiger partial charge in [0.1, 0.15) is 12.4 Å². The number of aromatic nitrogens is 4. The van der Waals surface area contributed by atoms with Gasteiger partial charge >= 0.3 is 6.61 Å². The number of hydrogen-bond acceptors (Lipinski definition) is 6. The monoisotopic (exact) mass is 398 g/mol. The summed E-state index contributed by atoms with van der Waals surface area (Å²) in [5, 5.41) is 17.4. The smallest absolute Gasteiger partial charge is 0.387 e. The molecule has 0 aliphatic carbocycles. The van der Waals surface area contributed by atoms with Crippen LogP contribution in [0, 0.1) is 0 Å². The molecule has 29 heavy (non-hydrogen) atoms. The Bertz CT molecular complexity index is 1100. The fraction of sp³-hybridized carbons (Fsp3) is 0.150. The lowest BCUT2D eigenvalue weighted by molar-refractivity contribution is -0.0498. The quantitative estimate of drug-likeness (QED) is 0.513. The lowest BCUT2D eigenvalue weighted by atomic mass is 10.1. The molecule has 0 bridgehead atoms. The fourth-order valence-corrected chi connectivity index (χ4v) is 2.80. The van der Waals surface area contributed by atoms with Crippen LogP contribution in [0.5, 0.6) is 11.6 Å². The van der Waals surface area contributed by atoms with Crippen molar-refractivity contribution in [3.8, 4) is 23.0 Å². The van der Waals surface area contributed by atoms with Crippen LogP contribution in [0.4, 0.5) is 8.78 Å². The van der Waals surface area contributed by atoms with E-state index in [1.807, 2.05) is 24.3 Å². The second-order valence-corrected chi connectivity index (χ2v) is 6.13. The number of benzene rings is 2. The van der Waals surface area contributed by atoms with Crippen molar-refractivity contribution in [3.05, 3.63) is 72.1 Å². The van der Waals surface area contributed by atoms with Crippen LogP contribution in [-0.2, 0) is 13.2 Å².